The topological polar surface area (TPSA) is 85.7 Å². The standard InChI is InChI=1S/C19H24N4O3/c1-15(24)22-9-11-23(12-10-22)19(25)17(13-20)14-21-8-7-16-3-5-18(26-2)6-4-16/h3-6,14,21H,7-12H2,1-2H3/b17-14-. The van der Waals surface area contributed by atoms with Crippen molar-refractivity contribution < 1.29 is 14.3 Å². The summed E-state index contributed by atoms with van der Waals surface area (Å²) < 4.78 is 5.12. The lowest BCUT2D eigenvalue weighted by Gasteiger charge is -2.34. The van der Waals surface area contributed by atoms with E-state index in [4.69, 9.17) is 4.74 Å². The second kappa shape index (κ2) is 9.47. The minimum Gasteiger partial charge on any atom is -0.497 e. The van der Waals surface area contributed by atoms with E-state index >= 15 is 0 Å². The molecule has 0 bridgehead atoms. The summed E-state index contributed by atoms with van der Waals surface area (Å²) in [5.41, 5.74) is 1.22. The number of carbonyl (C=O) groups excluding carboxylic acids is 2. The fourth-order valence-corrected chi connectivity index (χ4v) is 2.72. The lowest BCUT2D eigenvalue weighted by molar-refractivity contribution is -0.136. The van der Waals surface area contributed by atoms with Gasteiger partial charge in [0.2, 0.25) is 5.91 Å². The van der Waals surface area contributed by atoms with E-state index in [2.05, 4.69) is 5.32 Å². The molecule has 1 N–H and O–H groups in total. The Balaban J connectivity index is 1.82. The van der Waals surface area contributed by atoms with Crippen LogP contribution in [0.3, 0.4) is 0 Å². The van der Waals surface area contributed by atoms with Gasteiger partial charge in [0, 0.05) is 45.8 Å². The maximum absolute atomic E-state index is 12.4. The molecule has 1 aliphatic heterocycles. The third kappa shape index (κ3) is 5.24. The second-order valence-corrected chi connectivity index (χ2v) is 6.02. The SMILES string of the molecule is COc1ccc(CCN/C=C(/C#N)C(=O)N2CCN(C(C)=O)CC2)cc1. The Labute approximate surface area is 153 Å². The average molecular weight is 356 g/mol. The summed E-state index contributed by atoms with van der Waals surface area (Å²) in [5, 5.41) is 12.3. The Hall–Kier alpha value is -3.01. The fraction of sp³-hybridized carbons (Fsp3) is 0.421. The molecule has 1 saturated heterocycles. The van der Waals surface area contributed by atoms with E-state index in [9.17, 15) is 14.9 Å². The molecule has 138 valence electrons. The quantitative estimate of drug-likeness (QED) is 0.465. The number of nitriles is 1. The first-order valence-electron chi connectivity index (χ1n) is 8.56. The Morgan fingerprint density at radius 3 is 2.35 bits per heavy atom. The first kappa shape index (κ1) is 19.3. The predicted octanol–water partition coefficient (Wildman–Crippen LogP) is 0.925. The molecule has 0 saturated carbocycles. The maximum Gasteiger partial charge on any atom is 0.266 e. The monoisotopic (exact) mass is 356 g/mol. The van der Waals surface area contributed by atoms with Gasteiger partial charge in [-0.1, -0.05) is 12.1 Å². The summed E-state index contributed by atoms with van der Waals surface area (Å²) in [5.74, 6) is 0.518. The van der Waals surface area contributed by atoms with Crippen molar-refractivity contribution >= 4 is 11.8 Å². The molecule has 1 heterocycles. The molecule has 0 atom stereocenters. The number of hydrogen-bond donors (Lipinski definition) is 1. The Kier molecular flexibility index (Phi) is 7.03. The zero-order valence-corrected chi connectivity index (χ0v) is 15.2. The van der Waals surface area contributed by atoms with Crippen molar-refractivity contribution in [1.82, 2.24) is 15.1 Å². The zero-order valence-electron chi connectivity index (χ0n) is 15.2. The van der Waals surface area contributed by atoms with Gasteiger partial charge in [-0.15, -0.1) is 0 Å². The molecule has 1 aromatic carbocycles. The number of hydrogen-bond acceptors (Lipinski definition) is 5. The molecule has 1 aromatic rings. The van der Waals surface area contributed by atoms with Crippen molar-refractivity contribution in [2.45, 2.75) is 13.3 Å². The van der Waals surface area contributed by atoms with Gasteiger partial charge in [-0.05, 0) is 24.1 Å². The molecule has 1 fully saturated rings. The first-order valence-corrected chi connectivity index (χ1v) is 8.56. The normalized spacial score (nSPS) is 14.6. The Morgan fingerprint density at radius 2 is 1.81 bits per heavy atom. The van der Waals surface area contributed by atoms with Crippen molar-refractivity contribution in [1.29, 1.82) is 5.26 Å². The summed E-state index contributed by atoms with van der Waals surface area (Å²) in [4.78, 5) is 27.1. The zero-order chi connectivity index (χ0) is 18.9. The van der Waals surface area contributed by atoms with E-state index in [1.807, 2.05) is 30.3 Å². The van der Waals surface area contributed by atoms with Crippen LogP contribution in [-0.4, -0.2) is 61.4 Å². The summed E-state index contributed by atoms with van der Waals surface area (Å²) >= 11 is 0. The maximum atomic E-state index is 12.4. The van der Waals surface area contributed by atoms with Gasteiger partial charge in [0.05, 0.1) is 7.11 Å². The highest BCUT2D eigenvalue weighted by atomic mass is 16.5. The van der Waals surface area contributed by atoms with Crippen LogP contribution in [0.15, 0.2) is 36.0 Å². The van der Waals surface area contributed by atoms with Crippen LogP contribution in [0.5, 0.6) is 5.75 Å². The van der Waals surface area contributed by atoms with E-state index in [0.717, 1.165) is 17.7 Å². The van der Waals surface area contributed by atoms with E-state index in [1.165, 1.54) is 13.1 Å². The number of nitrogens with zero attached hydrogens (tertiary/aromatic N) is 3. The number of carbonyl (C=O) groups is 2. The van der Waals surface area contributed by atoms with Crippen molar-refractivity contribution in [2.24, 2.45) is 0 Å². The van der Waals surface area contributed by atoms with Crippen LogP contribution in [-0.2, 0) is 16.0 Å². The number of piperazine rings is 1. The van der Waals surface area contributed by atoms with Gasteiger partial charge in [-0.2, -0.15) is 5.26 Å². The number of ether oxygens (including phenoxy) is 1. The minimum atomic E-state index is -0.298. The molecular formula is C19H24N4O3. The van der Waals surface area contributed by atoms with Gasteiger partial charge in [-0.25, -0.2) is 0 Å². The smallest absolute Gasteiger partial charge is 0.266 e. The Morgan fingerprint density at radius 1 is 1.19 bits per heavy atom. The predicted molar refractivity (Wildman–Crippen MR) is 97.2 cm³/mol. The molecule has 2 rings (SSSR count). The third-order valence-electron chi connectivity index (χ3n) is 4.33. The highest BCUT2D eigenvalue weighted by Gasteiger charge is 2.24. The molecule has 7 nitrogen and oxygen atoms in total. The van der Waals surface area contributed by atoms with Crippen LogP contribution in [0.25, 0.3) is 0 Å². The molecule has 7 heteroatoms. The number of rotatable bonds is 6. The summed E-state index contributed by atoms with van der Waals surface area (Å²) in [7, 11) is 1.63. The number of methoxy groups -OCH3 is 1. The fourth-order valence-electron chi connectivity index (χ4n) is 2.72. The van der Waals surface area contributed by atoms with Gasteiger partial charge in [-0.3, -0.25) is 9.59 Å². The van der Waals surface area contributed by atoms with Crippen molar-refractivity contribution in [3.8, 4) is 11.8 Å². The van der Waals surface area contributed by atoms with Crippen molar-refractivity contribution in [2.75, 3.05) is 39.8 Å². The first-order chi connectivity index (χ1) is 12.5. The van der Waals surface area contributed by atoms with E-state index < -0.39 is 0 Å². The third-order valence-corrected chi connectivity index (χ3v) is 4.33. The van der Waals surface area contributed by atoms with Gasteiger partial charge in [0.15, 0.2) is 0 Å². The second-order valence-electron chi connectivity index (χ2n) is 6.02. The van der Waals surface area contributed by atoms with Crippen molar-refractivity contribution in [3.05, 3.63) is 41.6 Å². The molecular weight excluding hydrogens is 332 g/mol. The number of benzene rings is 1. The van der Waals surface area contributed by atoms with Crippen LogP contribution in [0.4, 0.5) is 0 Å². The molecule has 0 unspecified atom stereocenters. The van der Waals surface area contributed by atoms with Crippen LogP contribution < -0.4 is 10.1 Å². The van der Waals surface area contributed by atoms with Crippen LogP contribution in [0, 0.1) is 11.3 Å². The Bertz CT molecular complexity index is 698. The molecule has 0 spiro atoms. The molecule has 1 aliphatic rings. The highest BCUT2D eigenvalue weighted by molar-refractivity contribution is 5.97. The van der Waals surface area contributed by atoms with Gasteiger partial charge < -0.3 is 19.9 Å². The summed E-state index contributed by atoms with van der Waals surface area (Å²) in [6, 6.07) is 9.72. The van der Waals surface area contributed by atoms with Crippen LogP contribution in [0.2, 0.25) is 0 Å². The summed E-state index contributed by atoms with van der Waals surface area (Å²) in [6.07, 6.45) is 2.24. The van der Waals surface area contributed by atoms with Gasteiger partial charge in [0.1, 0.15) is 17.4 Å². The minimum absolute atomic E-state index is 0.00773. The van der Waals surface area contributed by atoms with Crippen molar-refractivity contribution in [3.63, 3.8) is 0 Å². The number of amides is 2. The lowest BCUT2D eigenvalue weighted by atomic mass is 10.1. The molecule has 0 radical (unpaired) electrons. The number of nitrogens with one attached hydrogen (secondary N) is 1. The molecule has 0 aliphatic carbocycles. The largest absolute Gasteiger partial charge is 0.497 e. The van der Waals surface area contributed by atoms with E-state index in [-0.39, 0.29) is 17.4 Å². The summed E-state index contributed by atoms with van der Waals surface area (Å²) in [6.45, 7) is 4.04. The van der Waals surface area contributed by atoms with Gasteiger partial charge >= 0.3 is 0 Å². The van der Waals surface area contributed by atoms with E-state index in [0.29, 0.717) is 32.7 Å². The lowest BCUT2D eigenvalue weighted by Crippen LogP contribution is -2.50. The highest BCUT2D eigenvalue weighted by Crippen LogP contribution is 2.11. The van der Waals surface area contributed by atoms with Gasteiger partial charge in [0.25, 0.3) is 5.91 Å². The average Bonchev–Trinajstić information content (AvgIpc) is 2.68. The van der Waals surface area contributed by atoms with E-state index in [1.54, 1.807) is 16.9 Å². The van der Waals surface area contributed by atoms with Crippen LogP contribution in [0.1, 0.15) is 12.5 Å². The molecule has 26 heavy (non-hydrogen) atoms. The molecule has 2 amide bonds. The van der Waals surface area contributed by atoms with Crippen LogP contribution >= 0.6 is 0 Å². The molecule has 0 aromatic heterocycles.